The number of hydrogen-bond donors (Lipinski definition) is 1. The van der Waals surface area contributed by atoms with Gasteiger partial charge in [0.25, 0.3) is 5.91 Å². The van der Waals surface area contributed by atoms with Crippen molar-refractivity contribution >= 4 is 17.3 Å². The Balaban J connectivity index is 2.20. The second-order valence-electron chi connectivity index (χ2n) is 7.42. The van der Waals surface area contributed by atoms with Gasteiger partial charge in [-0.1, -0.05) is 57.2 Å². The highest BCUT2D eigenvalue weighted by atomic mass is 16.2. The zero-order valence-corrected chi connectivity index (χ0v) is 14.7. The van der Waals surface area contributed by atoms with E-state index in [0.29, 0.717) is 5.82 Å². The van der Waals surface area contributed by atoms with Gasteiger partial charge in [-0.25, -0.2) is 0 Å². The number of aromatic nitrogens is 2. The number of nitrogens with zero attached hydrogens (tertiary/aromatic N) is 2. The normalized spacial score (nSPS) is 15.2. The molecule has 0 spiro atoms. The zero-order valence-electron chi connectivity index (χ0n) is 14.7. The first-order chi connectivity index (χ1) is 11.4. The van der Waals surface area contributed by atoms with Crippen LogP contribution in [0.4, 0.5) is 5.82 Å². The van der Waals surface area contributed by atoms with Crippen LogP contribution < -0.4 is 5.73 Å². The van der Waals surface area contributed by atoms with Gasteiger partial charge < -0.3 is 5.73 Å². The highest BCUT2D eigenvalue weighted by molar-refractivity contribution is 5.93. The van der Waals surface area contributed by atoms with Crippen molar-refractivity contribution in [2.75, 3.05) is 5.73 Å². The molecule has 2 N–H and O–H groups in total. The number of anilines is 1. The van der Waals surface area contributed by atoms with Gasteiger partial charge in [0.2, 0.25) is 0 Å². The van der Waals surface area contributed by atoms with E-state index < -0.39 is 5.41 Å². The largest absolute Gasteiger partial charge is 0.383 e. The Labute approximate surface area is 143 Å². The molecule has 0 aliphatic heterocycles. The van der Waals surface area contributed by atoms with E-state index in [1.165, 1.54) is 16.7 Å². The summed E-state index contributed by atoms with van der Waals surface area (Å²) >= 11 is 0. The molecule has 1 aliphatic carbocycles. The summed E-state index contributed by atoms with van der Waals surface area (Å²) in [5, 5.41) is 4.62. The van der Waals surface area contributed by atoms with Crippen LogP contribution in [0.15, 0.2) is 36.4 Å². The molecule has 4 heteroatoms. The van der Waals surface area contributed by atoms with Crippen molar-refractivity contribution in [2.24, 2.45) is 5.41 Å². The SMILES string of the molecule is CC(C)(C)C(=O)n1nc(-c2ccccc2)c(C2=CCCCC2)c1N. The molecular weight excluding hydrogens is 298 g/mol. The summed E-state index contributed by atoms with van der Waals surface area (Å²) in [6.45, 7) is 5.66. The lowest BCUT2D eigenvalue weighted by Crippen LogP contribution is -2.28. The van der Waals surface area contributed by atoms with Crippen molar-refractivity contribution in [1.82, 2.24) is 9.78 Å². The van der Waals surface area contributed by atoms with E-state index in [-0.39, 0.29) is 5.91 Å². The van der Waals surface area contributed by atoms with Crippen LogP contribution >= 0.6 is 0 Å². The maximum absolute atomic E-state index is 12.8. The van der Waals surface area contributed by atoms with Gasteiger partial charge in [0.1, 0.15) is 11.5 Å². The van der Waals surface area contributed by atoms with E-state index in [1.807, 2.05) is 51.1 Å². The first-order valence-corrected chi connectivity index (χ1v) is 8.57. The first-order valence-electron chi connectivity index (χ1n) is 8.57. The van der Waals surface area contributed by atoms with Crippen molar-refractivity contribution < 1.29 is 4.79 Å². The van der Waals surface area contributed by atoms with Crippen LogP contribution in [0.2, 0.25) is 0 Å². The third kappa shape index (κ3) is 3.01. The fourth-order valence-electron chi connectivity index (χ4n) is 3.08. The summed E-state index contributed by atoms with van der Waals surface area (Å²) < 4.78 is 1.40. The van der Waals surface area contributed by atoms with E-state index in [1.54, 1.807) is 0 Å². The third-order valence-corrected chi connectivity index (χ3v) is 4.41. The molecular formula is C20H25N3O. The fourth-order valence-corrected chi connectivity index (χ4v) is 3.08. The molecule has 1 heterocycles. The smallest absolute Gasteiger partial charge is 0.254 e. The van der Waals surface area contributed by atoms with Gasteiger partial charge in [-0.3, -0.25) is 4.79 Å². The second-order valence-corrected chi connectivity index (χ2v) is 7.42. The maximum Gasteiger partial charge on any atom is 0.254 e. The molecule has 1 aliphatic rings. The zero-order chi connectivity index (χ0) is 17.3. The number of allylic oxidation sites excluding steroid dienone is 2. The van der Waals surface area contributed by atoms with Gasteiger partial charge in [-0.2, -0.15) is 9.78 Å². The van der Waals surface area contributed by atoms with E-state index in [4.69, 9.17) is 5.73 Å². The lowest BCUT2D eigenvalue weighted by atomic mass is 9.91. The van der Waals surface area contributed by atoms with Gasteiger partial charge in [0, 0.05) is 16.5 Å². The topological polar surface area (TPSA) is 60.9 Å². The number of rotatable bonds is 2. The van der Waals surface area contributed by atoms with E-state index in [0.717, 1.165) is 36.1 Å². The molecule has 24 heavy (non-hydrogen) atoms. The molecule has 0 unspecified atom stereocenters. The van der Waals surface area contributed by atoms with Crippen LogP contribution in [0.5, 0.6) is 0 Å². The molecule has 0 amide bonds. The third-order valence-electron chi connectivity index (χ3n) is 4.41. The Morgan fingerprint density at radius 1 is 1.17 bits per heavy atom. The number of carbonyl (C=O) groups is 1. The minimum atomic E-state index is -0.535. The van der Waals surface area contributed by atoms with Crippen LogP contribution in [-0.2, 0) is 0 Å². The molecule has 2 aromatic rings. The molecule has 0 atom stereocenters. The first kappa shape index (κ1) is 16.5. The Bertz CT molecular complexity index is 779. The van der Waals surface area contributed by atoms with Crippen LogP contribution in [0.1, 0.15) is 56.8 Å². The van der Waals surface area contributed by atoms with E-state index in [9.17, 15) is 4.79 Å². The summed E-state index contributed by atoms with van der Waals surface area (Å²) in [4.78, 5) is 12.8. The van der Waals surface area contributed by atoms with Crippen LogP contribution in [0, 0.1) is 5.41 Å². The van der Waals surface area contributed by atoms with Crippen molar-refractivity contribution in [1.29, 1.82) is 0 Å². The maximum atomic E-state index is 12.8. The number of nitrogens with two attached hydrogens (primary N) is 1. The van der Waals surface area contributed by atoms with Gasteiger partial charge >= 0.3 is 0 Å². The summed E-state index contributed by atoms with van der Waals surface area (Å²) in [7, 11) is 0. The predicted molar refractivity (Wildman–Crippen MR) is 98.6 cm³/mol. The summed E-state index contributed by atoms with van der Waals surface area (Å²) in [5.41, 5.74) is 9.81. The van der Waals surface area contributed by atoms with Crippen molar-refractivity contribution in [3.05, 3.63) is 42.0 Å². The minimum Gasteiger partial charge on any atom is -0.383 e. The van der Waals surface area contributed by atoms with E-state index >= 15 is 0 Å². The summed E-state index contributed by atoms with van der Waals surface area (Å²) in [6, 6.07) is 9.97. The summed E-state index contributed by atoms with van der Waals surface area (Å²) in [5.74, 6) is 0.377. The molecule has 0 radical (unpaired) electrons. The Morgan fingerprint density at radius 3 is 2.46 bits per heavy atom. The molecule has 4 nitrogen and oxygen atoms in total. The molecule has 1 aromatic heterocycles. The Kier molecular flexibility index (Phi) is 4.31. The number of benzene rings is 1. The fraction of sp³-hybridized carbons (Fsp3) is 0.400. The average molecular weight is 323 g/mol. The van der Waals surface area contributed by atoms with Crippen LogP contribution in [-0.4, -0.2) is 15.7 Å². The lowest BCUT2D eigenvalue weighted by Gasteiger charge is -2.17. The minimum absolute atomic E-state index is 0.0835. The quantitative estimate of drug-likeness (QED) is 0.865. The van der Waals surface area contributed by atoms with Crippen molar-refractivity contribution in [2.45, 2.75) is 46.5 Å². The highest BCUT2D eigenvalue weighted by Crippen LogP contribution is 2.38. The number of nitrogen functional groups attached to an aromatic ring is 1. The standard InChI is InChI=1S/C20H25N3O/c1-20(2,3)19(24)23-18(21)16(14-10-6-4-7-11-14)17(22-23)15-12-8-5-9-13-15/h5,8-10,12-13H,4,6-7,11,21H2,1-3H3. The molecule has 0 saturated carbocycles. The van der Waals surface area contributed by atoms with Gasteiger partial charge in [-0.15, -0.1) is 0 Å². The molecule has 0 bridgehead atoms. The highest BCUT2D eigenvalue weighted by Gasteiger charge is 2.30. The van der Waals surface area contributed by atoms with Crippen molar-refractivity contribution in [3.63, 3.8) is 0 Å². The average Bonchev–Trinajstić information content (AvgIpc) is 2.92. The molecule has 126 valence electrons. The number of hydrogen-bond acceptors (Lipinski definition) is 3. The van der Waals surface area contributed by atoms with Crippen molar-refractivity contribution in [3.8, 4) is 11.3 Å². The predicted octanol–water partition coefficient (Wildman–Crippen LogP) is 4.78. The van der Waals surface area contributed by atoms with Crippen LogP contribution in [0.3, 0.4) is 0 Å². The molecule has 0 saturated heterocycles. The second kappa shape index (κ2) is 6.27. The summed E-state index contributed by atoms with van der Waals surface area (Å²) in [6.07, 6.45) is 6.65. The van der Waals surface area contributed by atoms with E-state index in [2.05, 4.69) is 11.2 Å². The Morgan fingerprint density at radius 2 is 1.88 bits per heavy atom. The van der Waals surface area contributed by atoms with Gasteiger partial charge in [0.05, 0.1) is 0 Å². The molecule has 1 aromatic carbocycles. The monoisotopic (exact) mass is 323 g/mol. The molecule has 3 rings (SSSR count). The number of carbonyl (C=O) groups excluding carboxylic acids is 1. The van der Waals surface area contributed by atoms with Gasteiger partial charge in [0.15, 0.2) is 0 Å². The van der Waals surface area contributed by atoms with Gasteiger partial charge in [-0.05, 0) is 31.3 Å². The molecule has 0 fully saturated rings. The van der Waals surface area contributed by atoms with Crippen LogP contribution in [0.25, 0.3) is 16.8 Å². The Hall–Kier alpha value is -2.36. The lowest BCUT2D eigenvalue weighted by molar-refractivity contribution is 0.0752.